The van der Waals surface area contributed by atoms with Gasteiger partial charge in [0.05, 0.1) is 0 Å². The van der Waals surface area contributed by atoms with Crippen LogP contribution in [0.4, 0.5) is 0 Å². The highest BCUT2D eigenvalue weighted by atomic mass is 14.6. The van der Waals surface area contributed by atoms with E-state index in [1.165, 1.54) is 0 Å². The number of nitrogens with one attached hydrogen (secondary N) is 1. The van der Waals surface area contributed by atoms with Crippen molar-refractivity contribution in [3.63, 3.8) is 0 Å². The maximum atomic E-state index is 7.43. The van der Waals surface area contributed by atoms with Crippen LogP contribution >= 0.6 is 0 Å². The minimum atomic E-state index is 0.222. The molecule has 0 amide bonds. The number of nitrogens with two attached hydrogens (primary N) is 1. The third-order valence-corrected chi connectivity index (χ3v) is 2.69. The van der Waals surface area contributed by atoms with Gasteiger partial charge < -0.3 is 11.1 Å². The summed E-state index contributed by atoms with van der Waals surface area (Å²) >= 11 is 0. The average Bonchev–Trinajstić information content (AvgIpc) is 1.99. The summed E-state index contributed by atoms with van der Waals surface area (Å²) < 4.78 is 0. The van der Waals surface area contributed by atoms with E-state index in [4.69, 9.17) is 11.1 Å². The van der Waals surface area contributed by atoms with E-state index < -0.39 is 0 Å². The van der Waals surface area contributed by atoms with Crippen LogP contribution in [0.3, 0.4) is 0 Å². The van der Waals surface area contributed by atoms with Crippen molar-refractivity contribution in [2.45, 2.75) is 53.9 Å². The second-order valence-electron chi connectivity index (χ2n) is 5.99. The van der Waals surface area contributed by atoms with Crippen LogP contribution in [0.1, 0.15) is 53.9 Å². The molecule has 0 aromatic carbocycles. The Labute approximate surface area is 88.8 Å². The summed E-state index contributed by atoms with van der Waals surface area (Å²) in [7, 11) is 0. The first-order valence-electron chi connectivity index (χ1n) is 5.43. The molecule has 14 heavy (non-hydrogen) atoms. The molecular weight excluding hydrogens is 172 g/mol. The van der Waals surface area contributed by atoms with Crippen molar-refractivity contribution < 1.29 is 0 Å². The predicted octanol–water partition coefficient (Wildman–Crippen LogP) is 3.21. The van der Waals surface area contributed by atoms with E-state index in [2.05, 4.69) is 27.7 Å². The summed E-state index contributed by atoms with van der Waals surface area (Å²) in [4.78, 5) is 0. The molecule has 0 aliphatic carbocycles. The van der Waals surface area contributed by atoms with E-state index in [9.17, 15) is 0 Å². The van der Waals surface area contributed by atoms with Crippen molar-refractivity contribution in [1.29, 1.82) is 5.41 Å². The Balaban J connectivity index is 4.12. The maximum absolute atomic E-state index is 7.43. The Hall–Kier alpha value is -0.370. The summed E-state index contributed by atoms with van der Waals surface area (Å²) in [5, 5.41) is 7.43. The molecule has 0 heterocycles. The molecule has 2 nitrogen and oxygen atoms in total. The lowest BCUT2D eigenvalue weighted by molar-refractivity contribution is 0.191. The summed E-state index contributed by atoms with van der Waals surface area (Å²) in [5.41, 5.74) is 7.03. The Morgan fingerprint density at radius 1 is 1.14 bits per heavy atom. The molecule has 3 N–H and O–H groups in total. The molecule has 0 aromatic rings. The Morgan fingerprint density at radius 3 is 2.00 bits per heavy atom. The zero-order valence-electron chi connectivity index (χ0n) is 10.4. The van der Waals surface area contributed by atoms with E-state index in [0.717, 1.165) is 31.5 Å². The molecule has 0 bridgehead atoms. The first-order chi connectivity index (χ1) is 6.18. The highest BCUT2D eigenvalue weighted by molar-refractivity contribution is 5.78. The number of rotatable bonds is 6. The fraction of sp³-hybridized carbons (Fsp3) is 0.917. The largest absolute Gasteiger partial charge is 0.330 e. The normalized spacial score (nSPS) is 13.0. The Kier molecular flexibility index (Phi) is 4.79. The van der Waals surface area contributed by atoms with Gasteiger partial charge in [-0.1, -0.05) is 27.7 Å². The van der Waals surface area contributed by atoms with Gasteiger partial charge in [0.2, 0.25) is 0 Å². The van der Waals surface area contributed by atoms with Crippen LogP contribution in [0.25, 0.3) is 0 Å². The molecule has 0 unspecified atom stereocenters. The molecule has 0 saturated carbocycles. The maximum Gasteiger partial charge on any atom is 0.00584 e. The van der Waals surface area contributed by atoms with Crippen molar-refractivity contribution in [2.75, 3.05) is 6.54 Å². The smallest absolute Gasteiger partial charge is 0.00584 e. The van der Waals surface area contributed by atoms with Crippen LogP contribution in [0.15, 0.2) is 0 Å². The zero-order valence-corrected chi connectivity index (χ0v) is 10.4. The van der Waals surface area contributed by atoms with Crippen LogP contribution < -0.4 is 5.73 Å². The first kappa shape index (κ1) is 13.6. The SMILES string of the molecule is CC(=N)CCC(C)(C)CC(C)(C)CN. The van der Waals surface area contributed by atoms with Crippen LogP contribution in [-0.2, 0) is 0 Å². The fourth-order valence-corrected chi connectivity index (χ4v) is 1.98. The van der Waals surface area contributed by atoms with E-state index in [0.29, 0.717) is 5.41 Å². The summed E-state index contributed by atoms with van der Waals surface area (Å²) in [5.74, 6) is 0. The molecule has 0 radical (unpaired) electrons. The third kappa shape index (κ3) is 6.14. The average molecular weight is 198 g/mol. The van der Waals surface area contributed by atoms with Gasteiger partial charge in [-0.05, 0) is 43.6 Å². The molecule has 0 atom stereocenters. The van der Waals surface area contributed by atoms with Crippen LogP contribution in [0.5, 0.6) is 0 Å². The number of hydrogen-bond acceptors (Lipinski definition) is 2. The van der Waals surface area contributed by atoms with Gasteiger partial charge in [0.15, 0.2) is 0 Å². The molecule has 0 rings (SSSR count). The second-order valence-corrected chi connectivity index (χ2v) is 5.99. The van der Waals surface area contributed by atoms with Crippen LogP contribution in [0, 0.1) is 16.2 Å². The van der Waals surface area contributed by atoms with Gasteiger partial charge in [0, 0.05) is 5.71 Å². The van der Waals surface area contributed by atoms with Gasteiger partial charge in [-0.2, -0.15) is 0 Å². The quantitative estimate of drug-likeness (QED) is 0.633. The van der Waals surface area contributed by atoms with Crippen molar-refractivity contribution in [3.05, 3.63) is 0 Å². The van der Waals surface area contributed by atoms with E-state index in [-0.39, 0.29) is 5.41 Å². The lowest BCUT2D eigenvalue weighted by Gasteiger charge is -2.34. The minimum absolute atomic E-state index is 0.222. The molecular formula is C12H26N2. The molecule has 0 aromatic heterocycles. The lowest BCUT2D eigenvalue weighted by atomic mass is 9.72. The van der Waals surface area contributed by atoms with Gasteiger partial charge in [-0.15, -0.1) is 0 Å². The standard InChI is InChI=1S/C12H26N2/c1-10(14)6-7-11(2,3)8-12(4,5)9-13/h14H,6-9,13H2,1-5H3. The van der Waals surface area contributed by atoms with E-state index in [1.54, 1.807) is 0 Å². The van der Waals surface area contributed by atoms with Gasteiger partial charge in [0.1, 0.15) is 0 Å². The minimum Gasteiger partial charge on any atom is -0.330 e. The Bertz CT molecular complexity index is 192. The highest BCUT2D eigenvalue weighted by Gasteiger charge is 2.27. The topological polar surface area (TPSA) is 49.9 Å². The zero-order chi connectivity index (χ0) is 11.4. The molecule has 2 heteroatoms. The van der Waals surface area contributed by atoms with Crippen molar-refractivity contribution in [1.82, 2.24) is 0 Å². The lowest BCUT2D eigenvalue weighted by Crippen LogP contribution is -2.30. The summed E-state index contributed by atoms with van der Waals surface area (Å²) in [6.07, 6.45) is 3.13. The van der Waals surface area contributed by atoms with Gasteiger partial charge >= 0.3 is 0 Å². The van der Waals surface area contributed by atoms with Crippen molar-refractivity contribution in [2.24, 2.45) is 16.6 Å². The third-order valence-electron chi connectivity index (χ3n) is 2.69. The van der Waals surface area contributed by atoms with Crippen LogP contribution in [0.2, 0.25) is 0 Å². The molecule has 0 fully saturated rings. The fourth-order valence-electron chi connectivity index (χ4n) is 1.98. The molecule has 0 aliphatic rings. The monoisotopic (exact) mass is 198 g/mol. The predicted molar refractivity (Wildman–Crippen MR) is 63.9 cm³/mol. The summed E-state index contributed by atoms with van der Waals surface area (Å²) in [6.45, 7) is 11.6. The van der Waals surface area contributed by atoms with Gasteiger partial charge in [-0.25, -0.2) is 0 Å². The van der Waals surface area contributed by atoms with Gasteiger partial charge in [0.25, 0.3) is 0 Å². The molecule has 0 spiro atoms. The van der Waals surface area contributed by atoms with Crippen LogP contribution in [-0.4, -0.2) is 12.3 Å². The summed E-state index contributed by atoms with van der Waals surface area (Å²) in [6, 6.07) is 0. The van der Waals surface area contributed by atoms with E-state index in [1.807, 2.05) is 6.92 Å². The Morgan fingerprint density at radius 2 is 1.64 bits per heavy atom. The van der Waals surface area contributed by atoms with Gasteiger partial charge in [-0.3, -0.25) is 0 Å². The molecule has 0 saturated heterocycles. The second kappa shape index (κ2) is 4.92. The molecule has 84 valence electrons. The van der Waals surface area contributed by atoms with E-state index >= 15 is 0 Å². The highest BCUT2D eigenvalue weighted by Crippen LogP contribution is 2.36. The first-order valence-corrected chi connectivity index (χ1v) is 5.43. The van der Waals surface area contributed by atoms with Crippen molar-refractivity contribution >= 4 is 5.71 Å². The number of hydrogen-bond donors (Lipinski definition) is 2. The molecule has 0 aliphatic heterocycles. The van der Waals surface area contributed by atoms with Crippen molar-refractivity contribution in [3.8, 4) is 0 Å².